The summed E-state index contributed by atoms with van der Waals surface area (Å²) in [6.07, 6.45) is 0. The fourth-order valence-electron chi connectivity index (χ4n) is 2.62. The van der Waals surface area contributed by atoms with Gasteiger partial charge in [-0.1, -0.05) is 50.2 Å². The molecule has 3 nitrogen and oxygen atoms in total. The van der Waals surface area contributed by atoms with E-state index in [2.05, 4.69) is 0 Å². The lowest BCUT2D eigenvalue weighted by atomic mass is 10.1. The van der Waals surface area contributed by atoms with Crippen molar-refractivity contribution in [1.29, 1.82) is 0 Å². The van der Waals surface area contributed by atoms with Gasteiger partial charge in [0.1, 0.15) is 11.3 Å². The maximum Gasteiger partial charge on any atom is 0.262 e. The van der Waals surface area contributed by atoms with Crippen LogP contribution in [-0.2, 0) is 0 Å². The summed E-state index contributed by atoms with van der Waals surface area (Å²) < 4.78 is 5.70. The number of para-hydroxylation sites is 2. The smallest absolute Gasteiger partial charge is 0.262 e. The van der Waals surface area contributed by atoms with Crippen LogP contribution < -0.4 is 4.90 Å². The highest BCUT2D eigenvalue weighted by Gasteiger charge is 2.23. The summed E-state index contributed by atoms with van der Waals surface area (Å²) in [4.78, 5) is 14.7. The van der Waals surface area contributed by atoms with Crippen LogP contribution in [0.15, 0.2) is 59.0 Å². The second kappa shape index (κ2) is 7.63. The Morgan fingerprint density at radius 3 is 2.26 bits per heavy atom. The van der Waals surface area contributed by atoms with Crippen molar-refractivity contribution in [3.63, 3.8) is 0 Å². The van der Waals surface area contributed by atoms with Gasteiger partial charge in [0.2, 0.25) is 0 Å². The van der Waals surface area contributed by atoms with Crippen LogP contribution in [0.3, 0.4) is 0 Å². The van der Waals surface area contributed by atoms with Crippen molar-refractivity contribution in [2.24, 2.45) is 0 Å². The summed E-state index contributed by atoms with van der Waals surface area (Å²) in [6, 6.07) is 17.4. The van der Waals surface area contributed by atoms with E-state index in [0.29, 0.717) is 17.9 Å². The summed E-state index contributed by atoms with van der Waals surface area (Å²) in [5, 5.41) is 0.870. The van der Waals surface area contributed by atoms with E-state index < -0.39 is 0 Å². The number of benzene rings is 2. The highest BCUT2D eigenvalue weighted by atomic mass is 16.3. The minimum Gasteiger partial charge on any atom is -0.461 e. The minimum absolute atomic E-state index is 0.0221. The van der Waals surface area contributed by atoms with Crippen LogP contribution in [0.25, 0.3) is 11.0 Å². The molecule has 3 aromatic rings. The molecule has 120 valence electrons. The first-order chi connectivity index (χ1) is 11.2. The van der Waals surface area contributed by atoms with Gasteiger partial charge in [-0.25, -0.2) is 0 Å². The highest BCUT2D eigenvalue weighted by molar-refractivity contribution is 6.14. The van der Waals surface area contributed by atoms with E-state index in [1.807, 2.05) is 82.3 Å². The van der Waals surface area contributed by atoms with Crippen molar-refractivity contribution in [2.75, 3.05) is 11.4 Å². The van der Waals surface area contributed by atoms with Crippen molar-refractivity contribution >= 4 is 22.6 Å². The number of carbonyl (C=O) groups excluding carboxylic acids is 1. The van der Waals surface area contributed by atoms with E-state index in [4.69, 9.17) is 4.42 Å². The van der Waals surface area contributed by atoms with E-state index in [1.165, 1.54) is 0 Å². The number of hydrogen-bond acceptors (Lipinski definition) is 2. The molecule has 1 heterocycles. The Morgan fingerprint density at radius 2 is 1.61 bits per heavy atom. The lowest BCUT2D eigenvalue weighted by Gasteiger charge is -2.20. The molecule has 3 heteroatoms. The molecule has 0 radical (unpaired) electrons. The molecule has 0 unspecified atom stereocenters. The largest absolute Gasteiger partial charge is 0.461 e. The third-order valence-electron chi connectivity index (χ3n) is 3.61. The van der Waals surface area contributed by atoms with E-state index >= 15 is 0 Å². The van der Waals surface area contributed by atoms with Gasteiger partial charge < -0.3 is 9.32 Å². The monoisotopic (exact) mass is 309 g/mol. The second-order valence-electron chi connectivity index (χ2n) is 4.91. The van der Waals surface area contributed by atoms with Crippen molar-refractivity contribution in [1.82, 2.24) is 0 Å². The predicted octanol–water partition coefficient (Wildman–Crippen LogP) is 5.43. The molecule has 0 N–H and O–H groups in total. The van der Waals surface area contributed by atoms with Crippen LogP contribution in [0, 0.1) is 6.92 Å². The number of anilines is 1. The van der Waals surface area contributed by atoms with Gasteiger partial charge in [-0.3, -0.25) is 4.79 Å². The van der Waals surface area contributed by atoms with E-state index in [-0.39, 0.29) is 5.91 Å². The van der Waals surface area contributed by atoms with Gasteiger partial charge in [-0.05, 0) is 32.0 Å². The molecule has 3 rings (SSSR count). The fraction of sp³-hybridized carbons (Fsp3) is 0.250. The lowest BCUT2D eigenvalue weighted by Crippen LogP contribution is -2.30. The van der Waals surface area contributed by atoms with E-state index in [0.717, 1.165) is 16.7 Å². The zero-order chi connectivity index (χ0) is 16.8. The molecule has 0 spiro atoms. The number of fused-ring (bicyclic) bond motifs is 1. The van der Waals surface area contributed by atoms with E-state index in [9.17, 15) is 4.79 Å². The number of carbonyl (C=O) groups is 1. The Hall–Kier alpha value is -2.55. The minimum atomic E-state index is -0.0221. The molecule has 0 bridgehead atoms. The first kappa shape index (κ1) is 16.8. The summed E-state index contributed by atoms with van der Waals surface area (Å²) in [5.74, 6) is 0.640. The maximum atomic E-state index is 12.9. The first-order valence-corrected chi connectivity index (χ1v) is 8.07. The summed E-state index contributed by atoms with van der Waals surface area (Å²) in [6.45, 7) is 8.43. The average Bonchev–Trinajstić information content (AvgIpc) is 2.94. The predicted molar refractivity (Wildman–Crippen MR) is 96.1 cm³/mol. The van der Waals surface area contributed by atoms with Crippen LogP contribution in [0.1, 0.15) is 36.9 Å². The van der Waals surface area contributed by atoms with Gasteiger partial charge in [0, 0.05) is 17.6 Å². The number of hydrogen-bond donors (Lipinski definition) is 0. The third-order valence-corrected chi connectivity index (χ3v) is 3.61. The molecule has 0 fully saturated rings. The Morgan fingerprint density at radius 1 is 1.00 bits per heavy atom. The lowest BCUT2D eigenvalue weighted by molar-refractivity contribution is 0.0988. The van der Waals surface area contributed by atoms with Crippen LogP contribution in [0.5, 0.6) is 0 Å². The number of amides is 1. The molecule has 0 aliphatic carbocycles. The molecular formula is C20H23NO2. The molecule has 1 amide bonds. The topological polar surface area (TPSA) is 33.5 Å². The van der Waals surface area contributed by atoms with Gasteiger partial charge >= 0.3 is 0 Å². The summed E-state index contributed by atoms with van der Waals surface area (Å²) in [5.41, 5.74) is 2.30. The molecule has 0 aliphatic heterocycles. The normalized spacial score (nSPS) is 10.1. The number of nitrogens with zero attached hydrogens (tertiary/aromatic N) is 1. The molecule has 0 saturated carbocycles. The SMILES string of the molecule is CC.CCN(C(=O)c1c(C)oc2ccccc12)c1ccccc1. The molecule has 0 saturated heterocycles. The van der Waals surface area contributed by atoms with Gasteiger partial charge in [0.05, 0.1) is 5.56 Å². The van der Waals surface area contributed by atoms with Crippen molar-refractivity contribution < 1.29 is 9.21 Å². The Kier molecular flexibility index (Phi) is 5.58. The van der Waals surface area contributed by atoms with Gasteiger partial charge in [0.25, 0.3) is 5.91 Å². The van der Waals surface area contributed by atoms with Crippen LogP contribution >= 0.6 is 0 Å². The summed E-state index contributed by atoms with van der Waals surface area (Å²) >= 11 is 0. The molecule has 23 heavy (non-hydrogen) atoms. The second-order valence-corrected chi connectivity index (χ2v) is 4.91. The molecule has 0 atom stereocenters. The van der Waals surface area contributed by atoms with Crippen molar-refractivity contribution in [3.8, 4) is 0 Å². The van der Waals surface area contributed by atoms with Crippen LogP contribution in [-0.4, -0.2) is 12.5 Å². The Balaban J connectivity index is 0.000000924. The van der Waals surface area contributed by atoms with Gasteiger partial charge in [-0.15, -0.1) is 0 Å². The van der Waals surface area contributed by atoms with Gasteiger partial charge in [0.15, 0.2) is 0 Å². The number of aryl methyl sites for hydroxylation is 1. The Labute approximate surface area is 137 Å². The van der Waals surface area contributed by atoms with Gasteiger partial charge in [-0.2, -0.15) is 0 Å². The zero-order valence-corrected chi connectivity index (χ0v) is 14.2. The zero-order valence-electron chi connectivity index (χ0n) is 14.2. The average molecular weight is 309 g/mol. The molecular weight excluding hydrogens is 286 g/mol. The van der Waals surface area contributed by atoms with Crippen LogP contribution in [0.2, 0.25) is 0 Å². The quantitative estimate of drug-likeness (QED) is 0.646. The van der Waals surface area contributed by atoms with Crippen molar-refractivity contribution in [3.05, 3.63) is 65.9 Å². The molecule has 0 aliphatic rings. The van der Waals surface area contributed by atoms with Crippen LogP contribution in [0.4, 0.5) is 5.69 Å². The highest BCUT2D eigenvalue weighted by Crippen LogP contribution is 2.28. The number of furan rings is 1. The fourth-order valence-corrected chi connectivity index (χ4v) is 2.62. The summed E-state index contributed by atoms with van der Waals surface area (Å²) in [7, 11) is 0. The third kappa shape index (κ3) is 3.29. The Bertz CT molecular complexity index is 775. The first-order valence-electron chi connectivity index (χ1n) is 8.07. The molecule has 1 aromatic heterocycles. The number of rotatable bonds is 3. The van der Waals surface area contributed by atoms with E-state index in [1.54, 1.807) is 4.90 Å². The molecule has 2 aromatic carbocycles. The standard InChI is InChI=1S/C18H17NO2.C2H6/c1-3-19(14-9-5-4-6-10-14)18(20)17-13(2)21-16-12-8-7-11-15(16)17;1-2/h4-12H,3H2,1-2H3;1-2H3. The van der Waals surface area contributed by atoms with Crippen molar-refractivity contribution in [2.45, 2.75) is 27.7 Å². The maximum absolute atomic E-state index is 12.9.